The predicted molar refractivity (Wildman–Crippen MR) is 81.8 cm³/mol. The summed E-state index contributed by atoms with van der Waals surface area (Å²) < 4.78 is 27.5. The van der Waals surface area contributed by atoms with E-state index < -0.39 is 10.0 Å². The van der Waals surface area contributed by atoms with E-state index in [4.69, 9.17) is 0 Å². The van der Waals surface area contributed by atoms with Gasteiger partial charge in [0.25, 0.3) is 0 Å². The van der Waals surface area contributed by atoms with Gasteiger partial charge in [0.05, 0.1) is 0 Å². The van der Waals surface area contributed by atoms with Crippen molar-refractivity contribution in [3.8, 4) is 0 Å². The number of nitrogens with zero attached hydrogens (tertiary/aromatic N) is 2. The molecule has 0 spiro atoms. The smallest absolute Gasteiger partial charge is 0.244 e. The molecule has 1 fully saturated rings. The van der Waals surface area contributed by atoms with Crippen LogP contribution in [0.1, 0.15) is 20.3 Å². The van der Waals surface area contributed by atoms with Crippen molar-refractivity contribution in [2.24, 2.45) is 0 Å². The van der Waals surface area contributed by atoms with E-state index in [1.807, 2.05) is 11.8 Å². The summed E-state index contributed by atoms with van der Waals surface area (Å²) in [6.07, 6.45) is 3.85. The van der Waals surface area contributed by atoms with E-state index in [1.54, 1.807) is 16.6 Å². The maximum absolute atomic E-state index is 12.6. The Hall–Kier alpha value is -0.110. The Balaban J connectivity index is 2.25. The predicted octanol–water partition coefficient (Wildman–Crippen LogP) is 2.75. The van der Waals surface area contributed by atoms with Crippen molar-refractivity contribution >= 4 is 37.7 Å². The first-order chi connectivity index (χ1) is 8.81. The number of sulfonamides is 1. The monoisotopic (exact) mass is 364 g/mol. The number of thioether (sulfide) groups is 1. The average Bonchev–Trinajstić information content (AvgIpc) is 2.50. The second kappa shape index (κ2) is 5.71. The molecule has 0 unspecified atom stereocenters. The molecule has 0 aliphatic carbocycles. The second-order valence-electron chi connectivity index (χ2n) is 5.10. The van der Waals surface area contributed by atoms with E-state index >= 15 is 0 Å². The lowest BCUT2D eigenvalue weighted by molar-refractivity contribution is 0.415. The number of rotatable bonds is 2. The van der Waals surface area contributed by atoms with Crippen molar-refractivity contribution in [1.29, 1.82) is 0 Å². The van der Waals surface area contributed by atoms with Gasteiger partial charge >= 0.3 is 0 Å². The normalized spacial score (nSPS) is 21.0. The first kappa shape index (κ1) is 15.3. The van der Waals surface area contributed by atoms with E-state index in [0.717, 1.165) is 12.2 Å². The highest BCUT2D eigenvalue weighted by molar-refractivity contribution is 9.10. The molecule has 2 heterocycles. The Morgan fingerprint density at radius 3 is 2.79 bits per heavy atom. The Labute approximate surface area is 127 Å². The van der Waals surface area contributed by atoms with Gasteiger partial charge in [-0.3, -0.25) is 4.98 Å². The number of hydrogen-bond donors (Lipinski definition) is 0. The third-order valence-electron chi connectivity index (χ3n) is 3.11. The van der Waals surface area contributed by atoms with Gasteiger partial charge in [0, 0.05) is 40.5 Å². The van der Waals surface area contributed by atoms with Crippen LogP contribution in [-0.4, -0.2) is 41.3 Å². The Morgan fingerprint density at radius 2 is 2.11 bits per heavy atom. The summed E-state index contributed by atoms with van der Waals surface area (Å²) in [6.45, 7) is 5.45. The highest BCUT2D eigenvalue weighted by atomic mass is 79.9. The van der Waals surface area contributed by atoms with Gasteiger partial charge in [-0.05, 0) is 28.4 Å². The third-order valence-corrected chi connectivity index (χ3v) is 6.78. The Bertz CT molecular complexity index is 561. The summed E-state index contributed by atoms with van der Waals surface area (Å²) in [6, 6.07) is 1.60. The molecule has 0 N–H and O–H groups in total. The van der Waals surface area contributed by atoms with Crippen LogP contribution in [0.4, 0.5) is 0 Å². The van der Waals surface area contributed by atoms with Gasteiger partial charge in [0.15, 0.2) is 0 Å². The van der Waals surface area contributed by atoms with Crippen LogP contribution in [0.5, 0.6) is 0 Å². The fourth-order valence-corrected chi connectivity index (χ4v) is 5.09. The summed E-state index contributed by atoms with van der Waals surface area (Å²) in [5.74, 6) is 0.827. The van der Waals surface area contributed by atoms with Crippen LogP contribution in [0.3, 0.4) is 0 Å². The second-order valence-corrected chi connectivity index (χ2v) is 9.76. The molecule has 1 aromatic rings. The highest BCUT2D eigenvalue weighted by Gasteiger charge is 2.30. The molecule has 19 heavy (non-hydrogen) atoms. The molecular formula is C12H17BrN2O2S2. The standard InChI is InChI=1S/C12H17BrN2O2S2/c1-12(2)3-4-15(5-6-18-12)19(16,17)11-7-10(13)8-14-9-11/h7-9H,3-6H2,1-2H3. The Morgan fingerprint density at radius 1 is 1.37 bits per heavy atom. The molecule has 4 nitrogen and oxygen atoms in total. The van der Waals surface area contributed by atoms with Crippen molar-refractivity contribution in [1.82, 2.24) is 9.29 Å². The minimum Gasteiger partial charge on any atom is -0.262 e. The molecule has 0 bridgehead atoms. The van der Waals surface area contributed by atoms with Gasteiger partial charge in [0.2, 0.25) is 10.0 Å². The lowest BCUT2D eigenvalue weighted by atomic mass is 10.1. The molecule has 0 radical (unpaired) electrons. The van der Waals surface area contributed by atoms with E-state index in [-0.39, 0.29) is 9.64 Å². The molecule has 106 valence electrons. The van der Waals surface area contributed by atoms with Crippen LogP contribution in [0.15, 0.2) is 27.8 Å². The maximum Gasteiger partial charge on any atom is 0.244 e. The number of hydrogen-bond acceptors (Lipinski definition) is 4. The molecule has 1 saturated heterocycles. The number of aromatic nitrogens is 1. The first-order valence-electron chi connectivity index (χ1n) is 6.06. The minimum atomic E-state index is -3.43. The van der Waals surface area contributed by atoms with E-state index in [9.17, 15) is 8.42 Å². The van der Waals surface area contributed by atoms with Crippen LogP contribution in [0.2, 0.25) is 0 Å². The highest BCUT2D eigenvalue weighted by Crippen LogP contribution is 2.32. The van der Waals surface area contributed by atoms with Crippen LogP contribution in [0.25, 0.3) is 0 Å². The molecular weight excluding hydrogens is 348 g/mol. The average molecular weight is 365 g/mol. The molecule has 2 rings (SSSR count). The molecule has 0 amide bonds. The number of halogens is 1. The quantitative estimate of drug-likeness (QED) is 0.809. The summed E-state index contributed by atoms with van der Waals surface area (Å²) in [7, 11) is -3.43. The van der Waals surface area contributed by atoms with Gasteiger partial charge in [-0.1, -0.05) is 13.8 Å². The van der Waals surface area contributed by atoms with Crippen molar-refractivity contribution in [3.63, 3.8) is 0 Å². The van der Waals surface area contributed by atoms with Crippen molar-refractivity contribution in [3.05, 3.63) is 22.9 Å². The van der Waals surface area contributed by atoms with Gasteiger partial charge < -0.3 is 0 Å². The molecule has 1 aliphatic rings. The van der Waals surface area contributed by atoms with Crippen LogP contribution >= 0.6 is 27.7 Å². The topological polar surface area (TPSA) is 50.3 Å². The van der Waals surface area contributed by atoms with E-state index in [0.29, 0.717) is 17.6 Å². The fraction of sp³-hybridized carbons (Fsp3) is 0.583. The summed E-state index contributed by atoms with van der Waals surface area (Å²) >= 11 is 5.09. The molecule has 1 aromatic heterocycles. The van der Waals surface area contributed by atoms with Gasteiger partial charge in [-0.15, -0.1) is 0 Å². The van der Waals surface area contributed by atoms with Crippen LogP contribution < -0.4 is 0 Å². The summed E-state index contributed by atoms with van der Waals surface area (Å²) in [4.78, 5) is 4.20. The van der Waals surface area contributed by atoms with Crippen LogP contribution in [-0.2, 0) is 10.0 Å². The summed E-state index contributed by atoms with van der Waals surface area (Å²) in [5, 5.41) is 0. The Kier molecular flexibility index (Phi) is 4.59. The SMILES string of the molecule is CC1(C)CCN(S(=O)(=O)c2cncc(Br)c2)CCS1. The third kappa shape index (κ3) is 3.71. The first-order valence-corrected chi connectivity index (χ1v) is 9.28. The molecule has 7 heteroatoms. The molecule has 0 atom stereocenters. The van der Waals surface area contributed by atoms with Gasteiger partial charge in [0.1, 0.15) is 4.90 Å². The van der Waals surface area contributed by atoms with E-state index in [2.05, 4.69) is 34.8 Å². The molecule has 1 aliphatic heterocycles. The number of pyridine rings is 1. The van der Waals surface area contributed by atoms with E-state index in [1.165, 1.54) is 6.20 Å². The maximum atomic E-state index is 12.6. The fourth-order valence-electron chi connectivity index (χ4n) is 1.92. The lowest BCUT2D eigenvalue weighted by Crippen LogP contribution is -2.33. The van der Waals surface area contributed by atoms with Crippen molar-refractivity contribution in [2.45, 2.75) is 29.9 Å². The lowest BCUT2D eigenvalue weighted by Gasteiger charge is -2.22. The zero-order valence-corrected chi connectivity index (χ0v) is 14.2. The molecule has 0 saturated carbocycles. The van der Waals surface area contributed by atoms with Gasteiger partial charge in [-0.2, -0.15) is 16.1 Å². The van der Waals surface area contributed by atoms with Crippen molar-refractivity contribution in [2.75, 3.05) is 18.8 Å². The van der Waals surface area contributed by atoms with Gasteiger partial charge in [-0.25, -0.2) is 8.42 Å². The van der Waals surface area contributed by atoms with Crippen molar-refractivity contribution < 1.29 is 8.42 Å². The molecule has 0 aromatic carbocycles. The zero-order valence-electron chi connectivity index (χ0n) is 11.0. The summed E-state index contributed by atoms with van der Waals surface area (Å²) in [5.41, 5.74) is 0. The largest absolute Gasteiger partial charge is 0.262 e. The minimum absolute atomic E-state index is 0.139. The zero-order chi connectivity index (χ0) is 14.1. The van der Waals surface area contributed by atoms with Crippen LogP contribution in [0, 0.1) is 0 Å².